The lowest BCUT2D eigenvalue weighted by Gasteiger charge is -2.19. The molecule has 1 aromatic carbocycles. The maximum Gasteiger partial charge on any atom is 0.276 e. The molecule has 23 heavy (non-hydrogen) atoms. The highest BCUT2D eigenvalue weighted by Crippen LogP contribution is 2.37. The second kappa shape index (κ2) is 7.28. The molecule has 2 rings (SSSR count). The molecule has 2 N–H and O–H groups in total. The quantitative estimate of drug-likeness (QED) is 0.810. The van der Waals surface area contributed by atoms with Crippen LogP contribution in [0.15, 0.2) is 24.3 Å². The number of hydrazine groups is 1. The second-order valence-electron chi connectivity index (χ2n) is 5.33. The van der Waals surface area contributed by atoms with E-state index in [9.17, 15) is 14.9 Å². The predicted molar refractivity (Wildman–Crippen MR) is 79.5 cm³/mol. The summed E-state index contributed by atoms with van der Waals surface area (Å²) in [6.45, 7) is -0.286. The number of nitrogens with one attached hydrogen (secondary N) is 2. The molecule has 2 amide bonds. The number of nitrogens with zero attached hydrogens (tertiary/aromatic N) is 2. The van der Waals surface area contributed by atoms with E-state index in [4.69, 9.17) is 10.00 Å². The van der Waals surface area contributed by atoms with Crippen LogP contribution in [0.1, 0.15) is 31.2 Å². The van der Waals surface area contributed by atoms with Gasteiger partial charge in [-0.3, -0.25) is 20.4 Å². The van der Waals surface area contributed by atoms with Crippen molar-refractivity contribution in [2.75, 3.05) is 6.61 Å². The van der Waals surface area contributed by atoms with Crippen molar-refractivity contribution in [3.63, 3.8) is 0 Å². The van der Waals surface area contributed by atoms with Crippen LogP contribution >= 0.6 is 0 Å². The maximum atomic E-state index is 12.0. The number of rotatable bonds is 4. The highest BCUT2D eigenvalue weighted by molar-refractivity contribution is 5.88. The molecule has 0 radical (unpaired) electrons. The Hall–Kier alpha value is -3.06. The first kappa shape index (κ1) is 16.3. The van der Waals surface area contributed by atoms with Gasteiger partial charge in [-0.2, -0.15) is 10.5 Å². The van der Waals surface area contributed by atoms with Crippen molar-refractivity contribution >= 4 is 11.8 Å². The molecule has 1 aliphatic carbocycles. The molecule has 0 spiro atoms. The summed E-state index contributed by atoms with van der Waals surface area (Å²) in [6, 6.07) is 10.3. The predicted octanol–water partition coefficient (Wildman–Crippen LogP) is 1.17. The van der Waals surface area contributed by atoms with Gasteiger partial charge < -0.3 is 4.74 Å². The fraction of sp³-hybridized carbons (Fsp3) is 0.375. The summed E-state index contributed by atoms with van der Waals surface area (Å²) in [5, 5.41) is 17.9. The third kappa shape index (κ3) is 3.98. The van der Waals surface area contributed by atoms with Gasteiger partial charge in [0.2, 0.25) is 0 Å². The van der Waals surface area contributed by atoms with E-state index in [0.717, 1.165) is 12.8 Å². The number of ether oxygens (including phenoxy) is 1. The molecule has 0 unspecified atom stereocenters. The Kier molecular flexibility index (Phi) is 5.16. The summed E-state index contributed by atoms with van der Waals surface area (Å²) < 4.78 is 5.24. The zero-order valence-corrected chi connectivity index (χ0v) is 12.5. The van der Waals surface area contributed by atoms with Crippen molar-refractivity contribution in [3.05, 3.63) is 29.8 Å². The van der Waals surface area contributed by atoms with Crippen molar-refractivity contribution in [2.24, 2.45) is 5.41 Å². The lowest BCUT2D eigenvalue weighted by atomic mass is 9.87. The molecule has 0 aliphatic heterocycles. The minimum atomic E-state index is -1.04. The molecule has 0 atom stereocenters. The number of carbonyl (C=O) groups excluding carboxylic acids is 2. The Morgan fingerprint density at radius 1 is 1.13 bits per heavy atom. The normalized spacial score (nSPS) is 15.0. The average molecular weight is 312 g/mol. The molecule has 1 aliphatic rings. The van der Waals surface area contributed by atoms with E-state index in [1.54, 1.807) is 24.3 Å². The van der Waals surface area contributed by atoms with Crippen LogP contribution in [0.25, 0.3) is 0 Å². The summed E-state index contributed by atoms with van der Waals surface area (Å²) in [5.74, 6) is -0.576. The van der Waals surface area contributed by atoms with Gasteiger partial charge in [0.05, 0.1) is 17.7 Å². The van der Waals surface area contributed by atoms with Crippen molar-refractivity contribution in [1.82, 2.24) is 10.9 Å². The Morgan fingerprint density at radius 3 is 2.35 bits per heavy atom. The van der Waals surface area contributed by atoms with Crippen LogP contribution in [0.3, 0.4) is 0 Å². The molecule has 7 nitrogen and oxygen atoms in total. The standard InChI is InChI=1S/C16H16N4O3/c17-9-12-3-5-13(6-4-12)23-10-14(21)19-20-15(22)16(11-18)7-1-2-8-16/h3-6H,1-2,7-8,10H2,(H,19,21)(H,20,22). The Morgan fingerprint density at radius 2 is 1.78 bits per heavy atom. The largest absolute Gasteiger partial charge is 0.484 e. The van der Waals surface area contributed by atoms with E-state index in [2.05, 4.69) is 10.9 Å². The molecule has 1 saturated carbocycles. The van der Waals surface area contributed by atoms with Gasteiger partial charge in [-0.1, -0.05) is 12.8 Å². The second-order valence-corrected chi connectivity index (χ2v) is 5.33. The van der Waals surface area contributed by atoms with Crippen LogP contribution in [-0.2, 0) is 9.59 Å². The van der Waals surface area contributed by atoms with E-state index < -0.39 is 17.2 Å². The first-order valence-electron chi connectivity index (χ1n) is 7.23. The van der Waals surface area contributed by atoms with Crippen molar-refractivity contribution in [3.8, 4) is 17.9 Å². The van der Waals surface area contributed by atoms with Crippen LogP contribution < -0.4 is 15.6 Å². The van der Waals surface area contributed by atoms with Gasteiger partial charge in [0.25, 0.3) is 11.8 Å². The van der Waals surface area contributed by atoms with Gasteiger partial charge in [-0.25, -0.2) is 0 Å². The van der Waals surface area contributed by atoms with E-state index >= 15 is 0 Å². The molecule has 0 saturated heterocycles. The van der Waals surface area contributed by atoms with E-state index in [0.29, 0.717) is 24.2 Å². The smallest absolute Gasteiger partial charge is 0.276 e. The Balaban J connectivity index is 1.78. The zero-order chi connectivity index (χ0) is 16.7. The van der Waals surface area contributed by atoms with Crippen molar-refractivity contribution in [2.45, 2.75) is 25.7 Å². The molecule has 118 valence electrons. The molecule has 0 aromatic heterocycles. The Bertz CT molecular complexity index is 664. The van der Waals surface area contributed by atoms with Gasteiger partial charge in [-0.05, 0) is 37.1 Å². The first-order chi connectivity index (χ1) is 11.1. The van der Waals surface area contributed by atoms with E-state index in [-0.39, 0.29) is 6.61 Å². The monoisotopic (exact) mass is 312 g/mol. The number of hydrogen-bond acceptors (Lipinski definition) is 5. The third-order valence-electron chi connectivity index (χ3n) is 3.77. The first-order valence-corrected chi connectivity index (χ1v) is 7.23. The molecule has 0 bridgehead atoms. The summed E-state index contributed by atoms with van der Waals surface area (Å²) in [6.07, 6.45) is 2.67. The summed E-state index contributed by atoms with van der Waals surface area (Å²) in [7, 11) is 0. The third-order valence-corrected chi connectivity index (χ3v) is 3.77. The number of benzene rings is 1. The maximum absolute atomic E-state index is 12.0. The topological polar surface area (TPSA) is 115 Å². The van der Waals surface area contributed by atoms with Gasteiger partial charge in [0.15, 0.2) is 6.61 Å². The van der Waals surface area contributed by atoms with Crippen LogP contribution in [0.5, 0.6) is 5.75 Å². The van der Waals surface area contributed by atoms with Crippen LogP contribution in [-0.4, -0.2) is 18.4 Å². The van der Waals surface area contributed by atoms with Crippen LogP contribution in [0.2, 0.25) is 0 Å². The number of hydrogen-bond donors (Lipinski definition) is 2. The Labute approximate surface area is 133 Å². The molecule has 1 aromatic rings. The van der Waals surface area contributed by atoms with Gasteiger partial charge in [0, 0.05) is 0 Å². The molecule has 1 fully saturated rings. The fourth-order valence-electron chi connectivity index (χ4n) is 2.42. The molecule has 0 heterocycles. The average Bonchev–Trinajstić information content (AvgIpc) is 3.08. The van der Waals surface area contributed by atoms with Gasteiger partial charge >= 0.3 is 0 Å². The highest BCUT2D eigenvalue weighted by Gasteiger charge is 2.41. The van der Waals surface area contributed by atoms with Crippen molar-refractivity contribution < 1.29 is 14.3 Å². The minimum absolute atomic E-state index is 0.286. The zero-order valence-electron chi connectivity index (χ0n) is 12.5. The van der Waals surface area contributed by atoms with E-state index in [1.807, 2.05) is 12.1 Å². The summed E-state index contributed by atoms with van der Waals surface area (Å²) in [4.78, 5) is 23.7. The van der Waals surface area contributed by atoms with Crippen molar-refractivity contribution in [1.29, 1.82) is 10.5 Å². The highest BCUT2D eigenvalue weighted by atomic mass is 16.5. The summed E-state index contributed by atoms with van der Waals surface area (Å²) in [5.41, 5.74) is 3.98. The molecular weight excluding hydrogens is 296 g/mol. The lowest BCUT2D eigenvalue weighted by molar-refractivity contribution is -0.134. The van der Waals surface area contributed by atoms with Gasteiger partial charge in [0.1, 0.15) is 11.2 Å². The number of amides is 2. The fourth-order valence-corrected chi connectivity index (χ4v) is 2.42. The number of carbonyl (C=O) groups is 2. The van der Waals surface area contributed by atoms with Gasteiger partial charge in [-0.15, -0.1) is 0 Å². The van der Waals surface area contributed by atoms with E-state index in [1.165, 1.54) is 0 Å². The van der Waals surface area contributed by atoms with Crippen LogP contribution in [0.4, 0.5) is 0 Å². The molecular formula is C16H16N4O3. The lowest BCUT2D eigenvalue weighted by Crippen LogP contribution is -2.49. The number of nitriles is 2. The SMILES string of the molecule is N#Cc1ccc(OCC(=O)NNC(=O)C2(C#N)CCCC2)cc1. The molecule has 7 heteroatoms. The summed E-state index contributed by atoms with van der Waals surface area (Å²) >= 11 is 0. The minimum Gasteiger partial charge on any atom is -0.484 e. The van der Waals surface area contributed by atoms with Crippen LogP contribution in [0, 0.1) is 28.1 Å².